The van der Waals surface area contributed by atoms with E-state index in [4.69, 9.17) is 4.74 Å². The average molecular weight is 351 g/mol. The molecule has 0 saturated heterocycles. The molecule has 126 valence electrons. The largest absolute Gasteiger partial charge is 0.497 e. The van der Waals surface area contributed by atoms with Crippen molar-refractivity contribution >= 4 is 22.8 Å². The minimum absolute atomic E-state index is 0.736. The Hall–Kier alpha value is -2.93. The van der Waals surface area contributed by atoms with Crippen LogP contribution in [0.5, 0.6) is 5.75 Å². The number of hydrogen-bond donors (Lipinski definition) is 1. The number of nitrogens with one attached hydrogen (secondary N) is 1. The van der Waals surface area contributed by atoms with Crippen LogP contribution in [0.1, 0.15) is 5.56 Å². The quantitative estimate of drug-likeness (QED) is 0.576. The molecule has 1 N–H and O–H groups in total. The minimum atomic E-state index is 0.736. The normalized spacial score (nSPS) is 10.9. The van der Waals surface area contributed by atoms with Gasteiger partial charge in [-0.05, 0) is 47.7 Å². The van der Waals surface area contributed by atoms with Gasteiger partial charge in [0, 0.05) is 17.5 Å². The number of hydrogen-bond acceptors (Lipinski definition) is 6. The highest BCUT2D eigenvalue weighted by Gasteiger charge is 2.10. The molecule has 0 aliphatic carbocycles. The van der Waals surface area contributed by atoms with Gasteiger partial charge in [0.15, 0.2) is 11.5 Å². The Morgan fingerprint density at radius 2 is 2.12 bits per heavy atom. The van der Waals surface area contributed by atoms with E-state index in [0.29, 0.717) is 0 Å². The van der Waals surface area contributed by atoms with Crippen molar-refractivity contribution in [2.24, 2.45) is 0 Å². The number of anilines is 1. The van der Waals surface area contributed by atoms with Crippen molar-refractivity contribution in [1.29, 1.82) is 0 Å². The van der Waals surface area contributed by atoms with Crippen LogP contribution in [-0.4, -0.2) is 33.5 Å². The molecule has 0 atom stereocenters. The van der Waals surface area contributed by atoms with Crippen LogP contribution < -0.4 is 10.1 Å². The Kier molecular flexibility index (Phi) is 4.30. The fourth-order valence-corrected chi connectivity index (χ4v) is 3.25. The number of ether oxygens (including phenoxy) is 1. The van der Waals surface area contributed by atoms with Gasteiger partial charge in [-0.1, -0.05) is 12.1 Å². The second kappa shape index (κ2) is 6.90. The first-order valence-electron chi connectivity index (χ1n) is 7.95. The van der Waals surface area contributed by atoms with Crippen LogP contribution in [0.15, 0.2) is 53.2 Å². The van der Waals surface area contributed by atoms with Gasteiger partial charge in [-0.15, -0.1) is 15.3 Å². The SMILES string of the molecule is COc1cccc(CCNc2ccc3nnc(-c4ccsc4)n3n2)c1. The third kappa shape index (κ3) is 3.32. The molecule has 0 unspecified atom stereocenters. The van der Waals surface area contributed by atoms with Gasteiger partial charge < -0.3 is 10.1 Å². The Bertz CT molecular complexity index is 980. The standard InChI is InChI=1S/C18H17N5OS/c1-24-15-4-2-3-13(11-15)7-9-19-16-5-6-17-20-21-18(23(17)22-16)14-8-10-25-12-14/h2-6,8,10-12H,7,9H2,1H3,(H,19,22). The highest BCUT2D eigenvalue weighted by molar-refractivity contribution is 7.08. The summed E-state index contributed by atoms with van der Waals surface area (Å²) in [6.45, 7) is 0.779. The van der Waals surface area contributed by atoms with E-state index in [-0.39, 0.29) is 0 Å². The first-order chi connectivity index (χ1) is 12.3. The van der Waals surface area contributed by atoms with Crippen molar-refractivity contribution in [3.05, 3.63) is 58.8 Å². The maximum Gasteiger partial charge on any atom is 0.186 e. The first-order valence-corrected chi connectivity index (χ1v) is 8.89. The fraction of sp³-hybridized carbons (Fsp3) is 0.167. The summed E-state index contributed by atoms with van der Waals surface area (Å²) < 4.78 is 7.03. The van der Waals surface area contributed by atoms with Gasteiger partial charge in [0.2, 0.25) is 0 Å². The topological polar surface area (TPSA) is 64.3 Å². The van der Waals surface area contributed by atoms with Crippen LogP contribution in [0.2, 0.25) is 0 Å². The summed E-state index contributed by atoms with van der Waals surface area (Å²) in [7, 11) is 1.68. The number of benzene rings is 1. The molecule has 4 rings (SSSR count). The fourth-order valence-electron chi connectivity index (χ4n) is 2.62. The zero-order valence-corrected chi connectivity index (χ0v) is 14.5. The Morgan fingerprint density at radius 1 is 1.16 bits per heavy atom. The molecule has 0 aliphatic rings. The maximum absolute atomic E-state index is 5.26. The van der Waals surface area contributed by atoms with E-state index in [2.05, 4.69) is 26.7 Å². The molecule has 6 nitrogen and oxygen atoms in total. The summed E-state index contributed by atoms with van der Waals surface area (Å²) in [5, 5.41) is 20.5. The maximum atomic E-state index is 5.26. The smallest absolute Gasteiger partial charge is 0.186 e. The lowest BCUT2D eigenvalue weighted by Crippen LogP contribution is -2.08. The van der Waals surface area contributed by atoms with Crippen molar-refractivity contribution in [3.8, 4) is 17.1 Å². The molecule has 3 heterocycles. The van der Waals surface area contributed by atoms with Crippen molar-refractivity contribution in [2.45, 2.75) is 6.42 Å². The molecule has 0 aliphatic heterocycles. The third-order valence-electron chi connectivity index (χ3n) is 3.90. The third-order valence-corrected chi connectivity index (χ3v) is 4.58. The summed E-state index contributed by atoms with van der Waals surface area (Å²) >= 11 is 1.63. The summed E-state index contributed by atoms with van der Waals surface area (Å²) in [6.07, 6.45) is 0.885. The van der Waals surface area contributed by atoms with Crippen LogP contribution >= 0.6 is 11.3 Å². The van der Waals surface area contributed by atoms with Gasteiger partial charge in [-0.25, -0.2) is 0 Å². The number of rotatable bonds is 6. The molecule has 0 amide bonds. The van der Waals surface area contributed by atoms with Crippen molar-refractivity contribution in [3.63, 3.8) is 0 Å². The number of nitrogens with zero attached hydrogens (tertiary/aromatic N) is 4. The monoisotopic (exact) mass is 351 g/mol. The van der Waals surface area contributed by atoms with E-state index in [0.717, 1.165) is 41.6 Å². The molecule has 7 heteroatoms. The van der Waals surface area contributed by atoms with E-state index in [1.54, 1.807) is 23.0 Å². The number of thiophene rings is 1. The van der Waals surface area contributed by atoms with E-state index >= 15 is 0 Å². The highest BCUT2D eigenvalue weighted by atomic mass is 32.1. The second-order valence-electron chi connectivity index (χ2n) is 5.55. The van der Waals surface area contributed by atoms with Crippen LogP contribution in [0.3, 0.4) is 0 Å². The highest BCUT2D eigenvalue weighted by Crippen LogP contribution is 2.21. The number of fused-ring (bicyclic) bond motifs is 1. The van der Waals surface area contributed by atoms with Gasteiger partial charge in [0.1, 0.15) is 11.6 Å². The lowest BCUT2D eigenvalue weighted by molar-refractivity contribution is 0.414. The van der Waals surface area contributed by atoms with E-state index in [1.807, 2.05) is 47.2 Å². The van der Waals surface area contributed by atoms with Gasteiger partial charge in [0.25, 0.3) is 0 Å². The first kappa shape index (κ1) is 15.6. The van der Waals surface area contributed by atoms with Gasteiger partial charge in [-0.2, -0.15) is 15.9 Å². The lowest BCUT2D eigenvalue weighted by atomic mass is 10.1. The van der Waals surface area contributed by atoms with E-state index < -0.39 is 0 Å². The molecule has 1 aromatic carbocycles. The van der Waals surface area contributed by atoms with E-state index in [9.17, 15) is 0 Å². The molecule has 0 spiro atoms. The van der Waals surface area contributed by atoms with Gasteiger partial charge in [0.05, 0.1) is 7.11 Å². The molecule has 25 heavy (non-hydrogen) atoms. The summed E-state index contributed by atoms with van der Waals surface area (Å²) in [6, 6.07) is 14.0. The Labute approximate surface area is 149 Å². The Morgan fingerprint density at radius 3 is 2.96 bits per heavy atom. The average Bonchev–Trinajstić information content (AvgIpc) is 3.31. The van der Waals surface area contributed by atoms with Crippen molar-refractivity contribution < 1.29 is 4.74 Å². The summed E-state index contributed by atoms with van der Waals surface area (Å²) in [4.78, 5) is 0. The molecule has 0 saturated carbocycles. The summed E-state index contributed by atoms with van der Waals surface area (Å²) in [5.74, 6) is 2.43. The van der Waals surface area contributed by atoms with Crippen LogP contribution in [0, 0.1) is 0 Å². The van der Waals surface area contributed by atoms with Crippen LogP contribution in [0.4, 0.5) is 5.82 Å². The molecule has 3 aromatic heterocycles. The number of aromatic nitrogens is 4. The summed E-state index contributed by atoms with van der Waals surface area (Å²) in [5.41, 5.74) is 2.98. The molecule has 0 bridgehead atoms. The molecular formula is C18H17N5OS. The molecule has 0 radical (unpaired) electrons. The molecule has 4 aromatic rings. The molecular weight excluding hydrogens is 334 g/mol. The van der Waals surface area contributed by atoms with Gasteiger partial charge in [-0.3, -0.25) is 0 Å². The van der Waals surface area contributed by atoms with E-state index in [1.165, 1.54) is 5.56 Å². The predicted molar refractivity (Wildman–Crippen MR) is 99.3 cm³/mol. The predicted octanol–water partition coefficient (Wildman–Crippen LogP) is 3.52. The zero-order chi connectivity index (χ0) is 17.1. The Balaban J connectivity index is 1.49. The number of methoxy groups -OCH3 is 1. The van der Waals surface area contributed by atoms with Crippen molar-refractivity contribution in [1.82, 2.24) is 19.8 Å². The zero-order valence-electron chi connectivity index (χ0n) is 13.7. The van der Waals surface area contributed by atoms with Crippen LogP contribution in [0.25, 0.3) is 17.0 Å². The van der Waals surface area contributed by atoms with Crippen LogP contribution in [-0.2, 0) is 6.42 Å². The minimum Gasteiger partial charge on any atom is -0.497 e. The molecule has 0 fully saturated rings. The van der Waals surface area contributed by atoms with Gasteiger partial charge >= 0.3 is 0 Å². The van der Waals surface area contributed by atoms with Crippen molar-refractivity contribution in [2.75, 3.05) is 19.0 Å². The second-order valence-corrected chi connectivity index (χ2v) is 6.33. The lowest BCUT2D eigenvalue weighted by Gasteiger charge is -2.07.